The largest absolute Gasteiger partial charge is 0.495 e. The number of amides is 2. The molecule has 0 unspecified atom stereocenters. The number of hydrogen-bond donors (Lipinski definition) is 2. The fourth-order valence-electron chi connectivity index (χ4n) is 3.18. The van der Waals surface area contributed by atoms with E-state index in [9.17, 15) is 18.0 Å². The van der Waals surface area contributed by atoms with Crippen LogP contribution in [0.25, 0.3) is 0 Å². The zero-order valence-electron chi connectivity index (χ0n) is 19.9. The molecule has 184 valence electrons. The highest BCUT2D eigenvalue weighted by Crippen LogP contribution is 2.27. The van der Waals surface area contributed by atoms with Gasteiger partial charge in [-0.1, -0.05) is 0 Å². The molecule has 35 heavy (non-hydrogen) atoms. The van der Waals surface area contributed by atoms with Crippen molar-refractivity contribution in [3.05, 3.63) is 77.9 Å². The number of benzene rings is 3. The highest BCUT2D eigenvalue weighted by molar-refractivity contribution is 7.92. The van der Waals surface area contributed by atoms with E-state index in [1.165, 1.54) is 42.3 Å². The second-order valence-electron chi connectivity index (χ2n) is 7.66. The van der Waals surface area contributed by atoms with E-state index in [1.807, 2.05) is 6.92 Å². The maximum Gasteiger partial charge on any atom is 0.261 e. The average Bonchev–Trinajstić information content (AvgIpc) is 2.84. The van der Waals surface area contributed by atoms with Gasteiger partial charge in [0, 0.05) is 30.9 Å². The molecule has 3 aromatic rings. The molecule has 0 radical (unpaired) electrons. The number of hydrogen-bond acceptors (Lipinski definition) is 6. The molecule has 10 heteroatoms. The normalized spacial score (nSPS) is 10.9. The molecule has 0 fully saturated rings. The van der Waals surface area contributed by atoms with Crippen LogP contribution < -0.4 is 19.5 Å². The van der Waals surface area contributed by atoms with E-state index < -0.39 is 15.9 Å². The number of nitrogens with one attached hydrogen (secondary N) is 2. The van der Waals surface area contributed by atoms with Crippen LogP contribution in [0.2, 0.25) is 0 Å². The number of rotatable bonds is 9. The van der Waals surface area contributed by atoms with Gasteiger partial charge in [-0.2, -0.15) is 0 Å². The second kappa shape index (κ2) is 10.9. The van der Waals surface area contributed by atoms with Crippen LogP contribution in [0.3, 0.4) is 0 Å². The Kier molecular flexibility index (Phi) is 7.98. The highest BCUT2D eigenvalue weighted by Gasteiger charge is 2.17. The third-order valence-electron chi connectivity index (χ3n) is 4.95. The van der Waals surface area contributed by atoms with E-state index in [0.29, 0.717) is 35.0 Å². The van der Waals surface area contributed by atoms with Crippen LogP contribution in [0.5, 0.6) is 11.5 Å². The van der Waals surface area contributed by atoms with E-state index in [2.05, 4.69) is 10.0 Å². The lowest BCUT2D eigenvalue weighted by Crippen LogP contribution is -2.22. The van der Waals surface area contributed by atoms with Crippen molar-refractivity contribution >= 4 is 33.2 Å². The van der Waals surface area contributed by atoms with Crippen LogP contribution >= 0.6 is 0 Å². The van der Waals surface area contributed by atoms with Gasteiger partial charge >= 0.3 is 0 Å². The summed E-state index contributed by atoms with van der Waals surface area (Å²) in [5, 5.41) is 2.71. The highest BCUT2D eigenvalue weighted by atomic mass is 32.2. The van der Waals surface area contributed by atoms with Gasteiger partial charge in [0.2, 0.25) is 0 Å². The van der Waals surface area contributed by atoms with Gasteiger partial charge in [0.25, 0.3) is 21.8 Å². The Balaban J connectivity index is 1.75. The Morgan fingerprint density at radius 1 is 0.914 bits per heavy atom. The molecule has 0 aliphatic carbocycles. The minimum Gasteiger partial charge on any atom is -0.495 e. The van der Waals surface area contributed by atoms with Gasteiger partial charge in [-0.15, -0.1) is 0 Å². The number of carbonyl (C=O) groups excluding carboxylic acids is 2. The number of nitrogens with zero attached hydrogens (tertiary/aromatic N) is 1. The molecule has 3 aromatic carbocycles. The maximum atomic E-state index is 12.8. The van der Waals surface area contributed by atoms with Crippen LogP contribution in [0.1, 0.15) is 27.6 Å². The minimum atomic E-state index is -3.86. The Morgan fingerprint density at radius 3 is 2.11 bits per heavy atom. The first kappa shape index (κ1) is 25.6. The molecule has 0 atom stereocenters. The van der Waals surface area contributed by atoms with Crippen molar-refractivity contribution in [2.24, 2.45) is 0 Å². The van der Waals surface area contributed by atoms with E-state index in [-0.39, 0.29) is 16.4 Å². The molecule has 3 rings (SSSR count). The number of sulfonamides is 1. The Morgan fingerprint density at radius 2 is 1.54 bits per heavy atom. The van der Waals surface area contributed by atoms with E-state index in [4.69, 9.17) is 9.47 Å². The third kappa shape index (κ3) is 6.30. The first-order valence-electron chi connectivity index (χ1n) is 10.7. The van der Waals surface area contributed by atoms with Gasteiger partial charge in [0.1, 0.15) is 11.5 Å². The topological polar surface area (TPSA) is 114 Å². The lowest BCUT2D eigenvalue weighted by atomic mass is 10.1. The summed E-state index contributed by atoms with van der Waals surface area (Å²) in [5.41, 5.74) is 1.32. The van der Waals surface area contributed by atoms with Crippen LogP contribution in [-0.2, 0) is 10.0 Å². The quantitative estimate of drug-likeness (QED) is 0.464. The van der Waals surface area contributed by atoms with Gasteiger partial charge in [-0.25, -0.2) is 8.42 Å². The van der Waals surface area contributed by atoms with Crippen molar-refractivity contribution in [3.63, 3.8) is 0 Å². The SMILES string of the molecule is CCOc1ccc(NS(=O)(=O)c2ccc(C(=O)Nc3cc(C(=O)N(C)C)ccc3OC)cc2)cc1. The van der Waals surface area contributed by atoms with Gasteiger partial charge in [-0.3, -0.25) is 14.3 Å². The molecule has 2 amide bonds. The first-order valence-corrected chi connectivity index (χ1v) is 12.2. The van der Waals surface area contributed by atoms with Crippen molar-refractivity contribution in [2.45, 2.75) is 11.8 Å². The zero-order valence-corrected chi connectivity index (χ0v) is 20.7. The summed E-state index contributed by atoms with van der Waals surface area (Å²) in [5.74, 6) is 0.311. The fraction of sp³-hybridized carbons (Fsp3) is 0.200. The van der Waals surface area contributed by atoms with E-state index in [0.717, 1.165) is 0 Å². The summed E-state index contributed by atoms with van der Waals surface area (Å²) in [6.45, 7) is 2.37. The molecule has 0 bridgehead atoms. The standard InChI is InChI=1S/C25H27N3O6S/c1-5-34-20-11-9-19(10-12-20)27-35(31,32)21-13-6-17(7-14-21)24(29)26-22-16-18(25(30)28(2)3)8-15-23(22)33-4/h6-16,27H,5H2,1-4H3,(H,26,29). The van der Waals surface area contributed by atoms with Crippen LogP contribution in [0.15, 0.2) is 71.6 Å². The van der Waals surface area contributed by atoms with Crippen LogP contribution in [0, 0.1) is 0 Å². The molecular formula is C25H27N3O6S. The summed E-state index contributed by atoms with van der Waals surface area (Å²) in [7, 11) is 0.856. The van der Waals surface area contributed by atoms with E-state index >= 15 is 0 Å². The van der Waals surface area contributed by atoms with Crippen molar-refractivity contribution < 1.29 is 27.5 Å². The number of carbonyl (C=O) groups is 2. The van der Waals surface area contributed by atoms with Gasteiger partial charge in [-0.05, 0) is 73.7 Å². The number of ether oxygens (including phenoxy) is 2. The van der Waals surface area contributed by atoms with Crippen LogP contribution in [-0.4, -0.2) is 52.9 Å². The van der Waals surface area contributed by atoms with Crippen molar-refractivity contribution in [2.75, 3.05) is 37.9 Å². The van der Waals surface area contributed by atoms with Gasteiger partial charge in [0.05, 0.1) is 24.3 Å². The third-order valence-corrected chi connectivity index (χ3v) is 6.34. The van der Waals surface area contributed by atoms with E-state index in [1.54, 1.807) is 50.5 Å². The Hall–Kier alpha value is -4.05. The predicted octanol–water partition coefficient (Wildman–Crippen LogP) is 3.85. The van der Waals surface area contributed by atoms with Crippen molar-refractivity contribution in [1.29, 1.82) is 0 Å². The van der Waals surface area contributed by atoms with Crippen molar-refractivity contribution in [1.82, 2.24) is 4.90 Å². The Bertz CT molecular complexity index is 1300. The summed E-state index contributed by atoms with van der Waals surface area (Å²) in [4.78, 5) is 26.5. The predicted molar refractivity (Wildman–Crippen MR) is 134 cm³/mol. The smallest absolute Gasteiger partial charge is 0.261 e. The van der Waals surface area contributed by atoms with Crippen molar-refractivity contribution in [3.8, 4) is 11.5 Å². The molecule has 0 saturated carbocycles. The molecule has 2 N–H and O–H groups in total. The zero-order chi connectivity index (χ0) is 25.6. The summed E-state index contributed by atoms with van der Waals surface area (Å²) in [6.07, 6.45) is 0. The second-order valence-corrected chi connectivity index (χ2v) is 9.34. The summed E-state index contributed by atoms with van der Waals surface area (Å²) < 4.78 is 38.6. The molecular weight excluding hydrogens is 470 g/mol. The monoisotopic (exact) mass is 497 g/mol. The molecule has 0 aromatic heterocycles. The Labute approximate surface area is 204 Å². The minimum absolute atomic E-state index is 0.000840. The summed E-state index contributed by atoms with van der Waals surface area (Å²) >= 11 is 0. The molecule has 0 aliphatic heterocycles. The van der Waals surface area contributed by atoms with Gasteiger partial charge < -0.3 is 19.7 Å². The number of anilines is 2. The first-order chi connectivity index (χ1) is 16.6. The lowest BCUT2D eigenvalue weighted by molar-refractivity contribution is 0.0827. The lowest BCUT2D eigenvalue weighted by Gasteiger charge is -2.14. The average molecular weight is 498 g/mol. The molecule has 0 spiro atoms. The van der Waals surface area contributed by atoms with Crippen LogP contribution in [0.4, 0.5) is 11.4 Å². The molecule has 0 heterocycles. The summed E-state index contributed by atoms with van der Waals surface area (Å²) in [6, 6.07) is 16.8. The molecule has 0 aliphatic rings. The molecule has 9 nitrogen and oxygen atoms in total. The molecule has 0 saturated heterocycles. The fourth-order valence-corrected chi connectivity index (χ4v) is 4.24. The maximum absolute atomic E-state index is 12.8. The van der Waals surface area contributed by atoms with Gasteiger partial charge in [0.15, 0.2) is 0 Å². The number of methoxy groups -OCH3 is 1.